The molecule has 1 N–H and O–H groups in total. The second kappa shape index (κ2) is 6.91. The van der Waals surface area contributed by atoms with Crippen LogP contribution in [-0.4, -0.2) is 38.2 Å². The molecule has 0 saturated carbocycles. The summed E-state index contributed by atoms with van der Waals surface area (Å²) in [6.07, 6.45) is -0.658. The van der Waals surface area contributed by atoms with E-state index in [0.29, 0.717) is 5.56 Å². The Morgan fingerprint density at radius 2 is 1.68 bits per heavy atom. The van der Waals surface area contributed by atoms with E-state index in [4.69, 9.17) is 4.74 Å². The topological polar surface area (TPSA) is 89.5 Å². The molecule has 1 aromatic rings. The number of hydrogen-bond donors (Lipinski definition) is 1. The Bertz CT molecular complexity index is 642. The maximum absolute atomic E-state index is 12.1. The van der Waals surface area contributed by atoms with Gasteiger partial charge < -0.3 is 10.1 Å². The second-order valence-corrected chi connectivity index (χ2v) is 7.94. The first-order valence-electron chi connectivity index (χ1n) is 6.82. The number of ether oxygens (including phenoxy) is 1. The van der Waals surface area contributed by atoms with Crippen molar-refractivity contribution in [2.24, 2.45) is 0 Å². The highest BCUT2D eigenvalue weighted by Crippen LogP contribution is 2.13. The van der Waals surface area contributed by atoms with Gasteiger partial charge in [0.15, 0.2) is 15.6 Å². The van der Waals surface area contributed by atoms with Crippen LogP contribution in [-0.2, 0) is 14.6 Å². The van der Waals surface area contributed by atoms with E-state index in [9.17, 15) is 18.0 Å². The number of carbonyl (C=O) groups excluding carboxylic acids is 2. The molecule has 0 aliphatic carbocycles. The van der Waals surface area contributed by atoms with Crippen molar-refractivity contribution < 1.29 is 22.7 Å². The Kier molecular flexibility index (Phi) is 5.71. The fourth-order valence-electron chi connectivity index (χ4n) is 1.62. The summed E-state index contributed by atoms with van der Waals surface area (Å²) >= 11 is 0. The third-order valence-electron chi connectivity index (χ3n) is 2.66. The number of ketones is 1. The molecule has 0 atom stereocenters. The maximum atomic E-state index is 12.1. The lowest BCUT2D eigenvalue weighted by Gasteiger charge is -2.19. The highest BCUT2D eigenvalue weighted by Gasteiger charge is 2.18. The molecule has 0 saturated heterocycles. The minimum absolute atomic E-state index is 0.0499. The molecule has 22 heavy (non-hydrogen) atoms. The van der Waals surface area contributed by atoms with Crippen molar-refractivity contribution in [2.75, 3.05) is 12.3 Å². The molecule has 1 rings (SSSR count). The van der Waals surface area contributed by atoms with Crippen molar-refractivity contribution in [1.82, 2.24) is 5.32 Å². The molecule has 0 heterocycles. The quantitative estimate of drug-likeness (QED) is 0.837. The molecule has 0 aliphatic heterocycles. The molecule has 0 spiro atoms. The predicted octanol–water partition coefficient (Wildman–Crippen LogP) is 2.19. The van der Waals surface area contributed by atoms with Crippen molar-refractivity contribution >= 4 is 21.7 Å². The predicted molar refractivity (Wildman–Crippen MR) is 82.7 cm³/mol. The lowest BCUT2D eigenvalue weighted by molar-refractivity contribution is 0.0531. The molecule has 0 aromatic heterocycles. The average Bonchev–Trinajstić information content (AvgIpc) is 2.36. The molecule has 0 bridgehead atoms. The van der Waals surface area contributed by atoms with Crippen LogP contribution in [0.3, 0.4) is 0 Å². The number of sulfone groups is 1. The molecule has 6 nitrogen and oxygen atoms in total. The highest BCUT2D eigenvalue weighted by molar-refractivity contribution is 7.91. The molecule has 0 aliphatic rings. The molecule has 1 amide bonds. The number of Topliss-reactive ketones (excluding diaryl/α,β-unsaturated/α-hetero) is 1. The molecule has 0 unspecified atom stereocenters. The second-order valence-electron chi connectivity index (χ2n) is 5.83. The van der Waals surface area contributed by atoms with Gasteiger partial charge in [0.1, 0.15) is 5.60 Å². The Balaban J connectivity index is 2.61. The van der Waals surface area contributed by atoms with Crippen LogP contribution in [0.4, 0.5) is 4.79 Å². The Morgan fingerprint density at radius 1 is 1.14 bits per heavy atom. The largest absolute Gasteiger partial charge is 0.444 e. The summed E-state index contributed by atoms with van der Waals surface area (Å²) in [5, 5.41) is 2.40. The van der Waals surface area contributed by atoms with E-state index >= 15 is 0 Å². The molecular weight excluding hydrogens is 306 g/mol. The summed E-state index contributed by atoms with van der Waals surface area (Å²) in [4.78, 5) is 22.7. The van der Waals surface area contributed by atoms with Crippen LogP contribution in [0, 0.1) is 0 Å². The van der Waals surface area contributed by atoms with E-state index in [-0.39, 0.29) is 23.0 Å². The van der Waals surface area contributed by atoms with Crippen LogP contribution in [0.1, 0.15) is 38.1 Å². The SMILES string of the molecule is CC(=O)c1ccc(S(=O)(=O)CCNC(=O)OC(C)(C)C)cc1. The maximum Gasteiger partial charge on any atom is 0.407 e. The van der Waals surface area contributed by atoms with Gasteiger partial charge in [0.25, 0.3) is 0 Å². The zero-order valence-electron chi connectivity index (χ0n) is 13.2. The summed E-state index contributed by atoms with van der Waals surface area (Å²) in [6, 6.07) is 5.71. The molecular formula is C15H21NO5S. The fraction of sp³-hybridized carbons (Fsp3) is 0.467. The lowest BCUT2D eigenvalue weighted by atomic mass is 10.2. The third kappa shape index (κ3) is 5.85. The van der Waals surface area contributed by atoms with E-state index in [1.807, 2.05) is 0 Å². The van der Waals surface area contributed by atoms with E-state index in [0.717, 1.165) is 0 Å². The number of amides is 1. The standard InChI is InChI=1S/C15H21NO5S/c1-11(17)12-5-7-13(8-6-12)22(19,20)10-9-16-14(18)21-15(2,3)4/h5-8H,9-10H2,1-4H3,(H,16,18). The fourth-order valence-corrected chi connectivity index (χ4v) is 2.77. The van der Waals surface area contributed by atoms with E-state index in [2.05, 4.69) is 5.32 Å². The Labute approximate surface area is 130 Å². The van der Waals surface area contributed by atoms with Crippen LogP contribution < -0.4 is 5.32 Å². The zero-order chi connectivity index (χ0) is 17.0. The van der Waals surface area contributed by atoms with Crippen molar-refractivity contribution in [3.05, 3.63) is 29.8 Å². The molecule has 0 fully saturated rings. The monoisotopic (exact) mass is 327 g/mol. The van der Waals surface area contributed by atoms with Gasteiger partial charge in [0.2, 0.25) is 0 Å². The van der Waals surface area contributed by atoms with Gasteiger partial charge in [0, 0.05) is 12.1 Å². The van der Waals surface area contributed by atoms with Crippen LogP contribution in [0.15, 0.2) is 29.2 Å². The van der Waals surface area contributed by atoms with Crippen molar-refractivity contribution in [1.29, 1.82) is 0 Å². The van der Waals surface area contributed by atoms with Crippen molar-refractivity contribution in [2.45, 2.75) is 38.2 Å². The van der Waals surface area contributed by atoms with Crippen LogP contribution >= 0.6 is 0 Å². The van der Waals surface area contributed by atoms with Crippen LogP contribution in [0.25, 0.3) is 0 Å². The first-order valence-corrected chi connectivity index (χ1v) is 8.47. The van der Waals surface area contributed by atoms with E-state index in [1.165, 1.54) is 31.2 Å². The summed E-state index contributed by atoms with van der Waals surface area (Å²) in [5.74, 6) is -0.374. The van der Waals surface area contributed by atoms with Crippen LogP contribution in [0.5, 0.6) is 0 Å². The normalized spacial score (nSPS) is 11.8. The Morgan fingerprint density at radius 3 is 2.14 bits per heavy atom. The molecule has 122 valence electrons. The molecule has 0 radical (unpaired) electrons. The van der Waals surface area contributed by atoms with Gasteiger partial charge in [-0.3, -0.25) is 4.79 Å². The third-order valence-corrected chi connectivity index (χ3v) is 4.39. The first-order chi connectivity index (χ1) is 10.0. The smallest absolute Gasteiger partial charge is 0.407 e. The van der Waals surface area contributed by atoms with Gasteiger partial charge in [-0.2, -0.15) is 0 Å². The van der Waals surface area contributed by atoms with Gasteiger partial charge in [-0.15, -0.1) is 0 Å². The lowest BCUT2D eigenvalue weighted by Crippen LogP contribution is -2.35. The number of alkyl carbamates (subject to hydrolysis) is 1. The van der Waals surface area contributed by atoms with Gasteiger partial charge in [-0.1, -0.05) is 12.1 Å². The number of nitrogens with one attached hydrogen (secondary N) is 1. The Hall–Kier alpha value is -1.89. The van der Waals surface area contributed by atoms with Gasteiger partial charge in [-0.05, 0) is 39.8 Å². The minimum Gasteiger partial charge on any atom is -0.444 e. The van der Waals surface area contributed by atoms with Crippen molar-refractivity contribution in [3.63, 3.8) is 0 Å². The van der Waals surface area contributed by atoms with E-state index in [1.54, 1.807) is 20.8 Å². The van der Waals surface area contributed by atoms with Gasteiger partial charge in [-0.25, -0.2) is 13.2 Å². The summed E-state index contributed by atoms with van der Waals surface area (Å²) < 4.78 is 29.2. The van der Waals surface area contributed by atoms with Crippen LogP contribution in [0.2, 0.25) is 0 Å². The van der Waals surface area contributed by atoms with E-state index < -0.39 is 21.5 Å². The average molecular weight is 327 g/mol. The van der Waals surface area contributed by atoms with Gasteiger partial charge in [0.05, 0.1) is 10.6 Å². The summed E-state index contributed by atoms with van der Waals surface area (Å²) in [6.45, 7) is 6.53. The number of benzene rings is 1. The summed E-state index contributed by atoms with van der Waals surface area (Å²) in [5.41, 5.74) is -0.184. The summed E-state index contributed by atoms with van der Waals surface area (Å²) in [7, 11) is -3.52. The highest BCUT2D eigenvalue weighted by atomic mass is 32.2. The zero-order valence-corrected chi connectivity index (χ0v) is 14.0. The number of hydrogen-bond acceptors (Lipinski definition) is 5. The minimum atomic E-state index is -3.52. The first kappa shape index (κ1) is 18.2. The van der Waals surface area contributed by atoms with Crippen molar-refractivity contribution in [3.8, 4) is 0 Å². The number of rotatable bonds is 5. The van der Waals surface area contributed by atoms with Gasteiger partial charge >= 0.3 is 6.09 Å². The molecule has 1 aromatic carbocycles. The molecule has 7 heteroatoms. The number of carbonyl (C=O) groups is 2.